The second-order valence-corrected chi connectivity index (χ2v) is 3.32. The molecule has 0 spiro atoms. The first-order chi connectivity index (χ1) is 6.81. The molecule has 1 N–H and O–H groups in total. The molecule has 0 aromatic carbocycles. The number of aromatic amines is 1. The first kappa shape index (κ1) is 10.8. The molecule has 0 unspecified atom stereocenters. The summed E-state index contributed by atoms with van der Waals surface area (Å²) in [5.74, 6) is 0. The van der Waals surface area contributed by atoms with Gasteiger partial charge in [0.15, 0.2) is 0 Å². The number of allylic oxidation sites excluding steroid dienone is 3. The van der Waals surface area contributed by atoms with E-state index in [1.165, 1.54) is 17.0 Å². The third kappa shape index (κ3) is 2.63. The quantitative estimate of drug-likeness (QED) is 0.695. The molecule has 1 aromatic heterocycles. The highest BCUT2D eigenvalue weighted by Crippen LogP contribution is 2.14. The first-order valence-corrected chi connectivity index (χ1v) is 5.31. The highest BCUT2D eigenvalue weighted by atomic mass is 14.7. The van der Waals surface area contributed by atoms with E-state index < -0.39 is 0 Å². The molecular formula is C13H19N. The summed E-state index contributed by atoms with van der Waals surface area (Å²) in [4.78, 5) is 3.43. The Morgan fingerprint density at radius 1 is 1.21 bits per heavy atom. The number of hydrogen-bond donors (Lipinski definition) is 1. The highest BCUT2D eigenvalue weighted by molar-refractivity contribution is 5.55. The number of nitrogens with one attached hydrogen (secondary N) is 1. The smallest absolute Gasteiger partial charge is 0.0220 e. The average molecular weight is 189 g/mol. The molecule has 76 valence electrons. The van der Waals surface area contributed by atoms with Gasteiger partial charge in [0, 0.05) is 11.4 Å². The van der Waals surface area contributed by atoms with Crippen molar-refractivity contribution in [3.05, 3.63) is 41.2 Å². The Hall–Kier alpha value is -1.24. The van der Waals surface area contributed by atoms with Crippen LogP contribution in [-0.4, -0.2) is 4.98 Å². The maximum absolute atomic E-state index is 3.43. The predicted molar refractivity (Wildman–Crippen MR) is 63.4 cm³/mol. The van der Waals surface area contributed by atoms with Crippen LogP contribution in [0.1, 0.15) is 37.7 Å². The average Bonchev–Trinajstić information content (AvgIpc) is 2.61. The van der Waals surface area contributed by atoms with Gasteiger partial charge in [0.2, 0.25) is 0 Å². The molecule has 1 aromatic rings. The van der Waals surface area contributed by atoms with Crippen LogP contribution in [0.5, 0.6) is 0 Å². The summed E-state index contributed by atoms with van der Waals surface area (Å²) in [6.07, 6.45) is 10.5. The molecule has 0 atom stereocenters. The monoisotopic (exact) mass is 189 g/mol. The number of aromatic nitrogens is 1. The lowest BCUT2D eigenvalue weighted by Crippen LogP contribution is -1.83. The zero-order chi connectivity index (χ0) is 10.4. The minimum Gasteiger partial charge on any atom is -0.362 e. The topological polar surface area (TPSA) is 15.8 Å². The zero-order valence-electron chi connectivity index (χ0n) is 9.30. The van der Waals surface area contributed by atoms with Gasteiger partial charge in [-0.15, -0.1) is 0 Å². The third-order valence-corrected chi connectivity index (χ3v) is 2.30. The molecule has 0 saturated heterocycles. The number of hydrogen-bond acceptors (Lipinski definition) is 0. The molecule has 0 amide bonds. The van der Waals surface area contributed by atoms with Crippen molar-refractivity contribution in [1.29, 1.82) is 0 Å². The van der Waals surface area contributed by atoms with E-state index >= 15 is 0 Å². The Morgan fingerprint density at radius 2 is 2.00 bits per heavy atom. The van der Waals surface area contributed by atoms with Gasteiger partial charge in [-0.1, -0.05) is 38.2 Å². The Bertz CT molecular complexity index is 329. The van der Waals surface area contributed by atoms with Crippen LogP contribution in [0.15, 0.2) is 24.3 Å². The van der Waals surface area contributed by atoms with Gasteiger partial charge in [-0.3, -0.25) is 0 Å². The molecular weight excluding hydrogens is 170 g/mol. The van der Waals surface area contributed by atoms with Crippen molar-refractivity contribution in [2.75, 3.05) is 0 Å². The van der Waals surface area contributed by atoms with Crippen molar-refractivity contribution >= 4 is 6.08 Å². The maximum atomic E-state index is 3.43. The summed E-state index contributed by atoms with van der Waals surface area (Å²) >= 11 is 0. The first-order valence-electron chi connectivity index (χ1n) is 5.31. The van der Waals surface area contributed by atoms with Gasteiger partial charge in [0.05, 0.1) is 0 Å². The van der Waals surface area contributed by atoms with Crippen LogP contribution in [0, 0.1) is 0 Å². The molecule has 0 radical (unpaired) electrons. The normalized spacial score (nSPS) is 11.9. The van der Waals surface area contributed by atoms with E-state index in [4.69, 9.17) is 0 Å². The van der Waals surface area contributed by atoms with Crippen molar-refractivity contribution in [2.45, 2.75) is 33.6 Å². The molecule has 1 rings (SSSR count). The van der Waals surface area contributed by atoms with E-state index in [2.05, 4.69) is 43.1 Å². The summed E-state index contributed by atoms with van der Waals surface area (Å²) < 4.78 is 0. The summed E-state index contributed by atoms with van der Waals surface area (Å²) in [5.41, 5.74) is 3.98. The van der Waals surface area contributed by atoms with Crippen LogP contribution >= 0.6 is 0 Å². The van der Waals surface area contributed by atoms with Crippen molar-refractivity contribution in [1.82, 2.24) is 4.98 Å². The van der Waals surface area contributed by atoms with E-state index in [0.717, 1.165) is 12.8 Å². The van der Waals surface area contributed by atoms with Crippen LogP contribution in [-0.2, 0) is 12.8 Å². The summed E-state index contributed by atoms with van der Waals surface area (Å²) in [7, 11) is 0. The van der Waals surface area contributed by atoms with Gasteiger partial charge in [-0.25, -0.2) is 0 Å². The predicted octanol–water partition coefficient (Wildman–Crippen LogP) is 3.73. The fraction of sp³-hybridized carbons (Fsp3) is 0.385. The van der Waals surface area contributed by atoms with Gasteiger partial charge in [0.25, 0.3) is 0 Å². The number of H-pyrrole nitrogens is 1. The molecule has 0 bridgehead atoms. The van der Waals surface area contributed by atoms with Gasteiger partial charge in [-0.05, 0) is 31.4 Å². The summed E-state index contributed by atoms with van der Waals surface area (Å²) in [6, 6.07) is 2.23. The molecule has 0 aliphatic carbocycles. The fourth-order valence-corrected chi connectivity index (χ4v) is 1.48. The Balaban J connectivity index is 2.88. The van der Waals surface area contributed by atoms with Crippen LogP contribution in [0.3, 0.4) is 0 Å². The molecule has 1 heteroatoms. The van der Waals surface area contributed by atoms with Crippen LogP contribution in [0.2, 0.25) is 0 Å². The Kier molecular flexibility index (Phi) is 4.24. The third-order valence-electron chi connectivity index (χ3n) is 2.30. The van der Waals surface area contributed by atoms with Gasteiger partial charge >= 0.3 is 0 Å². The van der Waals surface area contributed by atoms with Gasteiger partial charge in [0.1, 0.15) is 0 Å². The van der Waals surface area contributed by atoms with Crippen LogP contribution in [0.25, 0.3) is 6.08 Å². The second-order valence-electron chi connectivity index (χ2n) is 3.32. The largest absolute Gasteiger partial charge is 0.362 e. The maximum Gasteiger partial charge on any atom is 0.0220 e. The zero-order valence-corrected chi connectivity index (χ0v) is 9.30. The van der Waals surface area contributed by atoms with E-state index in [9.17, 15) is 0 Å². The minimum atomic E-state index is 1.06. The lowest BCUT2D eigenvalue weighted by molar-refractivity contribution is 0.993. The van der Waals surface area contributed by atoms with E-state index in [1.54, 1.807) is 0 Å². The molecule has 0 saturated carbocycles. The van der Waals surface area contributed by atoms with E-state index in [1.807, 2.05) is 13.0 Å². The molecule has 0 aliphatic heterocycles. The fourth-order valence-electron chi connectivity index (χ4n) is 1.48. The van der Waals surface area contributed by atoms with Crippen molar-refractivity contribution in [3.8, 4) is 0 Å². The van der Waals surface area contributed by atoms with E-state index in [-0.39, 0.29) is 0 Å². The molecule has 0 aliphatic rings. The molecule has 1 heterocycles. The highest BCUT2D eigenvalue weighted by Gasteiger charge is 2.01. The van der Waals surface area contributed by atoms with Crippen molar-refractivity contribution < 1.29 is 0 Å². The van der Waals surface area contributed by atoms with Gasteiger partial charge in [-0.2, -0.15) is 0 Å². The van der Waals surface area contributed by atoms with Crippen molar-refractivity contribution in [2.24, 2.45) is 0 Å². The summed E-state index contributed by atoms with van der Waals surface area (Å²) in [6.45, 7) is 6.38. The number of rotatable bonds is 4. The Morgan fingerprint density at radius 3 is 2.57 bits per heavy atom. The minimum absolute atomic E-state index is 1.06. The Labute approximate surface area is 86.5 Å². The summed E-state index contributed by atoms with van der Waals surface area (Å²) in [5, 5.41) is 0. The lowest BCUT2D eigenvalue weighted by atomic mass is 10.2. The molecule has 0 fully saturated rings. The second kappa shape index (κ2) is 5.48. The van der Waals surface area contributed by atoms with Crippen LogP contribution < -0.4 is 0 Å². The standard InChI is InChI=1S/C13H19N/c1-4-7-8-9-11-10-12(5-2)14-13(11)6-3/h4,7-10,14H,5-6H2,1-3H3. The SMILES string of the molecule is CC=CC=Cc1cc(CC)[nH]c1CC. The molecule has 14 heavy (non-hydrogen) atoms. The van der Waals surface area contributed by atoms with E-state index in [0.29, 0.717) is 0 Å². The number of aryl methyl sites for hydroxylation is 2. The van der Waals surface area contributed by atoms with Crippen molar-refractivity contribution in [3.63, 3.8) is 0 Å². The molecule has 1 nitrogen and oxygen atoms in total. The lowest BCUT2D eigenvalue weighted by Gasteiger charge is -1.92. The van der Waals surface area contributed by atoms with Crippen LogP contribution in [0.4, 0.5) is 0 Å². The van der Waals surface area contributed by atoms with Gasteiger partial charge < -0.3 is 4.98 Å².